The summed E-state index contributed by atoms with van der Waals surface area (Å²) in [5.74, 6) is -0.854. The van der Waals surface area contributed by atoms with Crippen molar-refractivity contribution in [3.8, 4) is 0 Å². The number of nitrogens with zero attached hydrogens (tertiary/aromatic N) is 1. The average molecular weight is 276 g/mol. The van der Waals surface area contributed by atoms with Gasteiger partial charge in [-0.25, -0.2) is 4.79 Å². The van der Waals surface area contributed by atoms with Crippen molar-refractivity contribution >= 4 is 5.97 Å². The lowest BCUT2D eigenvalue weighted by molar-refractivity contribution is 0.0696. The molecular formula is C16H24N2O2. The highest BCUT2D eigenvalue weighted by Crippen LogP contribution is 2.12. The molecule has 0 amide bonds. The Morgan fingerprint density at radius 1 is 1.50 bits per heavy atom. The number of carboxylic acids is 1. The van der Waals surface area contributed by atoms with E-state index in [0.29, 0.717) is 11.6 Å². The quantitative estimate of drug-likeness (QED) is 0.837. The zero-order chi connectivity index (χ0) is 14.4. The average Bonchev–Trinajstić information content (AvgIpc) is 2.46. The third-order valence-electron chi connectivity index (χ3n) is 3.83. The second-order valence-corrected chi connectivity index (χ2v) is 5.53. The maximum absolute atomic E-state index is 11.0. The lowest BCUT2D eigenvalue weighted by atomic mass is 10.1. The molecule has 1 saturated heterocycles. The molecule has 0 aliphatic carbocycles. The molecule has 1 aromatic rings. The molecule has 1 fully saturated rings. The van der Waals surface area contributed by atoms with Gasteiger partial charge in [-0.15, -0.1) is 0 Å². The first-order chi connectivity index (χ1) is 9.69. The molecule has 2 rings (SSSR count). The van der Waals surface area contributed by atoms with Crippen molar-refractivity contribution in [3.63, 3.8) is 0 Å². The smallest absolute Gasteiger partial charge is 0.335 e. The molecule has 110 valence electrons. The molecule has 1 aliphatic rings. The molecule has 1 aliphatic heterocycles. The largest absolute Gasteiger partial charge is 0.478 e. The molecule has 0 spiro atoms. The molecule has 0 aromatic heterocycles. The van der Waals surface area contributed by atoms with Crippen molar-refractivity contribution in [2.45, 2.75) is 38.8 Å². The molecule has 1 heterocycles. The molecule has 0 radical (unpaired) electrons. The predicted molar refractivity (Wildman–Crippen MR) is 80.0 cm³/mol. The number of carbonyl (C=O) groups is 1. The van der Waals surface area contributed by atoms with Crippen LogP contribution in [0.1, 0.15) is 42.1 Å². The number of benzene rings is 1. The molecular weight excluding hydrogens is 252 g/mol. The molecule has 2 N–H and O–H groups in total. The second-order valence-electron chi connectivity index (χ2n) is 5.53. The van der Waals surface area contributed by atoms with Crippen LogP contribution in [0.25, 0.3) is 0 Å². The van der Waals surface area contributed by atoms with Gasteiger partial charge in [0.2, 0.25) is 0 Å². The Bertz CT molecular complexity index is 448. The van der Waals surface area contributed by atoms with Crippen molar-refractivity contribution in [2.24, 2.45) is 0 Å². The maximum atomic E-state index is 11.0. The van der Waals surface area contributed by atoms with Crippen LogP contribution >= 0.6 is 0 Å². The first-order valence-electron chi connectivity index (χ1n) is 7.47. The van der Waals surface area contributed by atoms with Gasteiger partial charge >= 0.3 is 5.97 Å². The van der Waals surface area contributed by atoms with Crippen molar-refractivity contribution in [1.29, 1.82) is 0 Å². The molecule has 0 unspecified atom stereocenters. The summed E-state index contributed by atoms with van der Waals surface area (Å²) in [6.07, 6.45) is 3.72. The number of hydrogen-bond acceptors (Lipinski definition) is 3. The lowest BCUT2D eigenvalue weighted by Gasteiger charge is -2.33. The van der Waals surface area contributed by atoms with Crippen LogP contribution in [-0.4, -0.2) is 41.7 Å². The van der Waals surface area contributed by atoms with Crippen molar-refractivity contribution < 1.29 is 9.90 Å². The van der Waals surface area contributed by atoms with Gasteiger partial charge < -0.3 is 10.4 Å². The van der Waals surface area contributed by atoms with Gasteiger partial charge in [-0.05, 0) is 24.1 Å². The third kappa shape index (κ3) is 4.32. The van der Waals surface area contributed by atoms with E-state index >= 15 is 0 Å². The zero-order valence-corrected chi connectivity index (χ0v) is 12.1. The van der Waals surface area contributed by atoms with E-state index in [2.05, 4.69) is 17.1 Å². The molecule has 20 heavy (non-hydrogen) atoms. The Morgan fingerprint density at radius 2 is 2.35 bits per heavy atom. The van der Waals surface area contributed by atoms with Crippen LogP contribution in [0.4, 0.5) is 0 Å². The highest BCUT2D eigenvalue weighted by Gasteiger charge is 2.18. The highest BCUT2D eigenvalue weighted by molar-refractivity contribution is 5.87. The van der Waals surface area contributed by atoms with Crippen molar-refractivity contribution in [2.75, 3.05) is 19.6 Å². The van der Waals surface area contributed by atoms with E-state index in [1.54, 1.807) is 12.1 Å². The summed E-state index contributed by atoms with van der Waals surface area (Å²) in [6.45, 7) is 6.16. The van der Waals surface area contributed by atoms with Gasteiger partial charge in [0.1, 0.15) is 0 Å². The first kappa shape index (κ1) is 15.0. The number of hydrogen-bond donors (Lipinski definition) is 2. The third-order valence-corrected chi connectivity index (χ3v) is 3.83. The number of nitrogens with one attached hydrogen (secondary N) is 1. The monoisotopic (exact) mass is 276 g/mol. The molecule has 1 atom stereocenters. The second kappa shape index (κ2) is 7.41. The number of unbranched alkanes of at least 4 members (excludes halogenated alkanes) is 1. The summed E-state index contributed by atoms with van der Waals surface area (Å²) in [7, 11) is 0. The van der Waals surface area contributed by atoms with E-state index in [1.165, 1.54) is 19.3 Å². The minimum absolute atomic E-state index is 0.375. The Balaban J connectivity index is 1.92. The van der Waals surface area contributed by atoms with Gasteiger partial charge in [-0.2, -0.15) is 0 Å². The van der Waals surface area contributed by atoms with E-state index in [9.17, 15) is 4.79 Å². The topological polar surface area (TPSA) is 52.6 Å². The van der Waals surface area contributed by atoms with Crippen molar-refractivity contribution in [1.82, 2.24) is 10.2 Å². The molecule has 0 bridgehead atoms. The van der Waals surface area contributed by atoms with E-state index in [0.717, 1.165) is 31.7 Å². The first-order valence-corrected chi connectivity index (χ1v) is 7.47. The van der Waals surface area contributed by atoms with E-state index < -0.39 is 5.97 Å². The molecule has 1 aromatic carbocycles. The molecule has 4 nitrogen and oxygen atoms in total. The fourth-order valence-corrected chi connectivity index (χ4v) is 2.74. The van der Waals surface area contributed by atoms with E-state index in [-0.39, 0.29) is 0 Å². The van der Waals surface area contributed by atoms with Crippen LogP contribution in [0.3, 0.4) is 0 Å². The summed E-state index contributed by atoms with van der Waals surface area (Å²) >= 11 is 0. The summed E-state index contributed by atoms with van der Waals surface area (Å²) in [4.78, 5) is 13.4. The standard InChI is InChI=1S/C16H24N2O2/c1-2-3-7-15-12-18(9-8-17-15)11-13-5-4-6-14(10-13)16(19)20/h4-6,10,15,17H,2-3,7-9,11-12H2,1H3,(H,19,20)/t15-/m0/s1. The van der Waals surface area contributed by atoms with Crippen LogP contribution in [0.2, 0.25) is 0 Å². The number of rotatable bonds is 6. The lowest BCUT2D eigenvalue weighted by Crippen LogP contribution is -2.50. The number of aromatic carboxylic acids is 1. The van der Waals surface area contributed by atoms with Gasteiger partial charge in [-0.3, -0.25) is 4.90 Å². The van der Waals surface area contributed by atoms with Gasteiger partial charge in [0.05, 0.1) is 5.56 Å². The maximum Gasteiger partial charge on any atom is 0.335 e. The zero-order valence-electron chi connectivity index (χ0n) is 12.1. The van der Waals surface area contributed by atoms with Crippen LogP contribution in [-0.2, 0) is 6.54 Å². The van der Waals surface area contributed by atoms with E-state index in [4.69, 9.17) is 5.11 Å². The Labute approximate surface area is 120 Å². The molecule has 0 saturated carbocycles. The summed E-state index contributed by atoms with van der Waals surface area (Å²) < 4.78 is 0. The van der Waals surface area contributed by atoms with Gasteiger partial charge in [0.15, 0.2) is 0 Å². The molecule has 4 heteroatoms. The summed E-state index contributed by atoms with van der Waals surface area (Å²) in [6, 6.07) is 7.84. The number of piperazine rings is 1. The van der Waals surface area contributed by atoms with Crippen molar-refractivity contribution in [3.05, 3.63) is 35.4 Å². The van der Waals surface area contributed by atoms with Gasteiger partial charge in [0, 0.05) is 32.2 Å². The fraction of sp³-hybridized carbons (Fsp3) is 0.562. The number of carboxylic acid groups (broad SMARTS) is 1. The van der Waals surface area contributed by atoms with E-state index in [1.807, 2.05) is 12.1 Å². The Kier molecular flexibility index (Phi) is 5.56. The summed E-state index contributed by atoms with van der Waals surface area (Å²) in [5, 5.41) is 12.6. The minimum atomic E-state index is -0.854. The SMILES string of the molecule is CCCC[C@H]1CN(Cc2cccc(C(=O)O)c2)CCN1. The fourth-order valence-electron chi connectivity index (χ4n) is 2.74. The van der Waals surface area contributed by atoms with Gasteiger partial charge in [0.25, 0.3) is 0 Å². The van der Waals surface area contributed by atoms with Crippen LogP contribution in [0.5, 0.6) is 0 Å². The summed E-state index contributed by atoms with van der Waals surface area (Å²) in [5.41, 5.74) is 1.46. The predicted octanol–water partition coefficient (Wildman–Crippen LogP) is 2.35. The van der Waals surface area contributed by atoms with Crippen LogP contribution in [0.15, 0.2) is 24.3 Å². The minimum Gasteiger partial charge on any atom is -0.478 e. The van der Waals surface area contributed by atoms with Crippen LogP contribution < -0.4 is 5.32 Å². The Hall–Kier alpha value is -1.39. The van der Waals surface area contributed by atoms with Crippen LogP contribution in [0, 0.1) is 0 Å². The Morgan fingerprint density at radius 3 is 3.10 bits per heavy atom. The highest BCUT2D eigenvalue weighted by atomic mass is 16.4. The normalized spacial score (nSPS) is 19.9. The van der Waals surface area contributed by atoms with Gasteiger partial charge in [-0.1, -0.05) is 31.9 Å².